The highest BCUT2D eigenvalue weighted by atomic mass is 28.3. The van der Waals surface area contributed by atoms with Gasteiger partial charge in [0.1, 0.15) is 0 Å². The zero-order chi connectivity index (χ0) is 50.5. The van der Waals surface area contributed by atoms with E-state index in [1.54, 1.807) is 0 Å². The van der Waals surface area contributed by atoms with Crippen LogP contribution in [0.25, 0.3) is 33.4 Å². The van der Waals surface area contributed by atoms with Gasteiger partial charge in [-0.05, 0) is 137 Å². The molecule has 14 rings (SSSR count). The van der Waals surface area contributed by atoms with Crippen molar-refractivity contribution in [3.05, 3.63) is 338 Å². The summed E-state index contributed by atoms with van der Waals surface area (Å²) >= 11 is 0. The fourth-order valence-electron chi connectivity index (χ4n) is 12.8. The maximum Gasteiger partial charge on any atom is 0.184 e. The predicted molar refractivity (Wildman–Crippen MR) is 321 cm³/mol. The molecular weight excluding hydrogens is 933 g/mol. The van der Waals surface area contributed by atoms with Gasteiger partial charge in [0.25, 0.3) is 0 Å². The van der Waals surface area contributed by atoms with E-state index >= 15 is 0 Å². The summed E-state index contributed by atoms with van der Waals surface area (Å²) in [6, 6.07) is 117. The summed E-state index contributed by atoms with van der Waals surface area (Å²) in [7, 11) is -2.83. The Morgan fingerprint density at radius 2 is 0.737 bits per heavy atom. The molecule has 0 spiro atoms. The van der Waals surface area contributed by atoms with Crippen LogP contribution in [-0.2, 0) is 5.41 Å². The molecule has 0 atom stereocenters. The Bertz CT molecular complexity index is 3940. The molecule has 12 aromatic carbocycles. The Hall–Kier alpha value is -9.54. The van der Waals surface area contributed by atoms with E-state index in [2.05, 4.69) is 325 Å². The van der Waals surface area contributed by atoms with Crippen molar-refractivity contribution in [1.82, 2.24) is 0 Å². The van der Waals surface area contributed by atoms with Gasteiger partial charge in [0.15, 0.2) is 8.07 Å². The van der Waals surface area contributed by atoms with Gasteiger partial charge in [0.05, 0.1) is 5.41 Å². The lowest BCUT2D eigenvalue weighted by Crippen LogP contribution is -2.77. The highest BCUT2D eigenvalue weighted by Crippen LogP contribution is 2.56. The number of nitrogens with zero attached hydrogens (tertiary/aromatic N) is 2. The van der Waals surface area contributed by atoms with Crippen molar-refractivity contribution < 1.29 is 0 Å². The third-order valence-corrected chi connectivity index (χ3v) is 20.9. The van der Waals surface area contributed by atoms with Gasteiger partial charge in [-0.1, -0.05) is 255 Å². The Morgan fingerprint density at radius 3 is 1.34 bits per heavy atom. The van der Waals surface area contributed by atoms with Gasteiger partial charge in [-0.3, -0.25) is 0 Å². The molecule has 76 heavy (non-hydrogen) atoms. The molecule has 0 saturated heterocycles. The topological polar surface area (TPSA) is 6.48 Å². The molecule has 358 valence electrons. The van der Waals surface area contributed by atoms with Gasteiger partial charge >= 0.3 is 0 Å². The van der Waals surface area contributed by atoms with Crippen molar-refractivity contribution in [3.63, 3.8) is 0 Å². The molecule has 0 aromatic heterocycles. The first-order valence-corrected chi connectivity index (χ1v) is 28.3. The fraction of sp³-hybridized carbons (Fsp3) is 0.0137. The molecule has 0 saturated carbocycles. The Balaban J connectivity index is 0.933. The number of rotatable bonds is 10. The number of hydrogen-bond acceptors (Lipinski definition) is 2. The van der Waals surface area contributed by atoms with Crippen molar-refractivity contribution in [3.8, 4) is 33.4 Å². The summed E-state index contributed by atoms with van der Waals surface area (Å²) in [4.78, 5) is 4.92. The molecule has 0 N–H and O–H groups in total. The van der Waals surface area contributed by atoms with E-state index in [9.17, 15) is 0 Å². The van der Waals surface area contributed by atoms with E-state index in [4.69, 9.17) is 0 Å². The van der Waals surface area contributed by atoms with E-state index in [1.807, 2.05) is 0 Å². The van der Waals surface area contributed by atoms with Crippen LogP contribution in [0.5, 0.6) is 0 Å². The molecular formula is C73H52N2Si. The van der Waals surface area contributed by atoms with Crippen LogP contribution in [-0.4, -0.2) is 8.07 Å². The van der Waals surface area contributed by atoms with Crippen LogP contribution in [0.15, 0.2) is 315 Å². The second-order valence-electron chi connectivity index (χ2n) is 20.0. The zero-order valence-corrected chi connectivity index (χ0v) is 42.9. The Labute approximate surface area is 446 Å². The quantitative estimate of drug-likeness (QED) is 0.126. The van der Waals surface area contributed by atoms with Crippen molar-refractivity contribution in [2.24, 2.45) is 0 Å². The summed E-state index contributed by atoms with van der Waals surface area (Å²) in [5.41, 5.74) is 18.6. The molecule has 1 heterocycles. The van der Waals surface area contributed by atoms with Crippen molar-refractivity contribution in [1.29, 1.82) is 0 Å². The second kappa shape index (κ2) is 18.7. The third-order valence-electron chi connectivity index (χ3n) is 16.0. The zero-order valence-electron chi connectivity index (χ0n) is 41.9. The minimum atomic E-state index is -2.83. The van der Waals surface area contributed by atoms with E-state index in [0.717, 1.165) is 28.3 Å². The maximum absolute atomic E-state index is 2.83. The second-order valence-corrected chi connectivity index (χ2v) is 23.7. The summed E-state index contributed by atoms with van der Waals surface area (Å²) in [6.45, 7) is 0. The first-order valence-electron chi connectivity index (χ1n) is 26.3. The molecule has 2 nitrogen and oxygen atoms in total. The molecule has 1 aliphatic heterocycles. The average molecular weight is 985 g/mol. The summed E-state index contributed by atoms with van der Waals surface area (Å²) < 4.78 is 0. The highest BCUT2D eigenvalue weighted by Gasteiger charge is 2.49. The molecule has 0 bridgehead atoms. The molecule has 0 fully saturated rings. The highest BCUT2D eigenvalue weighted by molar-refractivity contribution is 7.21. The lowest BCUT2D eigenvalue weighted by Gasteiger charge is -2.45. The van der Waals surface area contributed by atoms with Crippen LogP contribution in [0, 0.1) is 0 Å². The molecule has 0 amide bonds. The van der Waals surface area contributed by atoms with Crippen LogP contribution >= 0.6 is 0 Å². The third kappa shape index (κ3) is 7.16. The maximum atomic E-state index is 2.50. The molecule has 0 radical (unpaired) electrons. The van der Waals surface area contributed by atoms with Crippen LogP contribution in [0.4, 0.5) is 34.1 Å². The van der Waals surface area contributed by atoms with Crippen molar-refractivity contribution >= 4 is 62.9 Å². The molecule has 12 aromatic rings. The van der Waals surface area contributed by atoms with E-state index in [-0.39, 0.29) is 0 Å². The van der Waals surface area contributed by atoms with Crippen LogP contribution in [0.2, 0.25) is 0 Å². The molecule has 1 aliphatic carbocycles. The van der Waals surface area contributed by atoms with Crippen molar-refractivity contribution in [2.75, 3.05) is 9.80 Å². The van der Waals surface area contributed by atoms with Gasteiger partial charge in [-0.2, -0.15) is 0 Å². The number of anilines is 6. The predicted octanol–water partition coefficient (Wildman–Crippen LogP) is 16.0. The standard InChI is InChI=1S/C73H52N2Si/c1-6-23-53(24-7-1)54-41-46-60(47-42-54)74(62-30-22-27-58(52-62)73(57-25-8-2-9-26-57)67-37-18-16-35-65(67)66-36-17-19-38-68(66)73)61-48-43-55(44-49-61)56-45-50-72-70(51-56)75(59-28-10-3-11-29-59)69-39-20-21-40-71(69)76(72,63-31-12-4-13-32-63)64-33-14-5-15-34-64/h1-52H. The molecule has 2 aliphatic rings. The van der Waals surface area contributed by atoms with Gasteiger partial charge in [0, 0.05) is 34.1 Å². The number of benzene rings is 12. The largest absolute Gasteiger partial charge is 0.311 e. The van der Waals surface area contributed by atoms with Gasteiger partial charge in [-0.15, -0.1) is 0 Å². The summed E-state index contributed by atoms with van der Waals surface area (Å²) in [6.07, 6.45) is 0. The van der Waals surface area contributed by atoms with E-state index in [0.29, 0.717) is 0 Å². The van der Waals surface area contributed by atoms with E-state index < -0.39 is 13.5 Å². The van der Waals surface area contributed by atoms with Gasteiger partial charge in [0.2, 0.25) is 0 Å². The van der Waals surface area contributed by atoms with Crippen LogP contribution in [0.3, 0.4) is 0 Å². The minimum Gasteiger partial charge on any atom is -0.311 e. The lowest BCUT2D eigenvalue weighted by molar-refractivity contribution is 0.768. The fourth-order valence-corrected chi connectivity index (χ4v) is 17.8. The number of para-hydroxylation sites is 2. The SMILES string of the molecule is c1ccc(-c2ccc(N(c3ccc(-c4ccc5c(c4)N(c4ccccc4)c4ccccc4[Si]5(c4ccccc4)c4ccccc4)cc3)c3cccc(C4(c5ccccc5)c5ccccc5-c5ccccc54)c3)cc2)cc1. The first kappa shape index (κ1) is 45.1. The van der Waals surface area contributed by atoms with E-state index in [1.165, 1.54) is 82.2 Å². The van der Waals surface area contributed by atoms with Crippen LogP contribution in [0.1, 0.15) is 22.3 Å². The summed E-state index contributed by atoms with van der Waals surface area (Å²) in [5, 5.41) is 5.50. The molecule has 0 unspecified atom stereocenters. The lowest BCUT2D eigenvalue weighted by atomic mass is 9.67. The number of hydrogen-bond donors (Lipinski definition) is 0. The van der Waals surface area contributed by atoms with Crippen molar-refractivity contribution in [2.45, 2.75) is 5.41 Å². The monoisotopic (exact) mass is 984 g/mol. The smallest absolute Gasteiger partial charge is 0.184 e. The summed E-state index contributed by atoms with van der Waals surface area (Å²) in [5.74, 6) is 0. The number of fused-ring (bicyclic) bond motifs is 5. The average Bonchev–Trinajstić information content (AvgIpc) is 4.01. The minimum absolute atomic E-state index is 0.529. The Morgan fingerprint density at radius 1 is 0.289 bits per heavy atom. The molecule has 3 heteroatoms. The van der Waals surface area contributed by atoms with Crippen LogP contribution < -0.4 is 30.5 Å². The first-order chi connectivity index (χ1) is 37.7. The Kier molecular flexibility index (Phi) is 11.1. The van der Waals surface area contributed by atoms with Gasteiger partial charge < -0.3 is 9.80 Å². The van der Waals surface area contributed by atoms with Gasteiger partial charge in [-0.25, -0.2) is 0 Å². The normalized spacial score (nSPS) is 13.4.